The Morgan fingerprint density at radius 3 is 2.47 bits per heavy atom. The molecule has 0 bridgehead atoms. The van der Waals surface area contributed by atoms with Gasteiger partial charge in [-0.2, -0.15) is 0 Å². The highest BCUT2D eigenvalue weighted by Crippen LogP contribution is 2.49. The number of amides is 2. The highest BCUT2D eigenvalue weighted by atomic mass is 79.9. The Hall–Kier alpha value is -2.51. The first-order valence-electron chi connectivity index (χ1n) is 12.8. The molecule has 5 rings (SSSR count). The Labute approximate surface area is 223 Å². The summed E-state index contributed by atoms with van der Waals surface area (Å²) in [6.07, 6.45) is 4.19. The summed E-state index contributed by atoms with van der Waals surface area (Å²) in [5.74, 6) is 1.71. The smallest absolute Gasteiger partial charge is 0.325 e. The fourth-order valence-corrected chi connectivity index (χ4v) is 7.16. The first-order valence-corrected chi connectivity index (χ1v) is 13.6. The molecule has 0 radical (unpaired) electrons. The molecule has 2 aromatic carbocycles. The summed E-state index contributed by atoms with van der Waals surface area (Å²) < 4.78 is 12.4. The maximum atomic E-state index is 13.8. The Balaban J connectivity index is 1.46. The average Bonchev–Trinajstić information content (AvgIpc) is 2.95. The zero-order valence-corrected chi connectivity index (χ0v) is 23.5. The quantitative estimate of drug-likeness (QED) is 0.450. The van der Waals surface area contributed by atoms with Crippen molar-refractivity contribution in [3.8, 4) is 11.5 Å². The van der Waals surface area contributed by atoms with Crippen LogP contribution in [-0.2, 0) is 13.1 Å². The monoisotopic (exact) mass is 553 g/mol. The van der Waals surface area contributed by atoms with Gasteiger partial charge in [-0.05, 0) is 61.6 Å². The van der Waals surface area contributed by atoms with Crippen molar-refractivity contribution in [3.63, 3.8) is 0 Å². The van der Waals surface area contributed by atoms with Gasteiger partial charge in [0.05, 0.1) is 26.3 Å². The van der Waals surface area contributed by atoms with E-state index in [1.165, 1.54) is 11.1 Å². The molecule has 3 aliphatic rings. The molecule has 2 fully saturated rings. The van der Waals surface area contributed by atoms with Crippen molar-refractivity contribution in [1.82, 2.24) is 14.7 Å². The molecule has 6 nitrogen and oxygen atoms in total. The topological polar surface area (TPSA) is 45.3 Å². The van der Waals surface area contributed by atoms with Crippen molar-refractivity contribution in [2.75, 3.05) is 33.9 Å². The number of piperidine rings is 1. The fraction of sp³-hybridized carbons (Fsp3) is 0.483. The van der Waals surface area contributed by atoms with Gasteiger partial charge in [-0.15, -0.1) is 0 Å². The summed E-state index contributed by atoms with van der Waals surface area (Å²) in [5.41, 5.74) is 5.74. The van der Waals surface area contributed by atoms with Gasteiger partial charge in [0.1, 0.15) is 11.5 Å². The van der Waals surface area contributed by atoms with Crippen LogP contribution < -0.4 is 9.47 Å². The molecule has 2 aromatic rings. The number of halogens is 1. The Morgan fingerprint density at radius 2 is 1.83 bits per heavy atom. The van der Waals surface area contributed by atoms with E-state index < -0.39 is 0 Å². The average molecular weight is 555 g/mol. The summed E-state index contributed by atoms with van der Waals surface area (Å²) in [7, 11) is 3.37. The predicted molar refractivity (Wildman–Crippen MR) is 145 cm³/mol. The van der Waals surface area contributed by atoms with Crippen molar-refractivity contribution in [3.05, 3.63) is 68.8 Å². The number of hydrogen-bond donors (Lipinski definition) is 0. The van der Waals surface area contributed by atoms with Crippen molar-refractivity contribution < 1.29 is 14.3 Å². The van der Waals surface area contributed by atoms with Gasteiger partial charge in [0.15, 0.2) is 0 Å². The molecule has 1 atom stereocenters. The molecule has 0 aromatic heterocycles. The van der Waals surface area contributed by atoms with Crippen molar-refractivity contribution in [2.45, 2.75) is 58.2 Å². The molecule has 0 aliphatic carbocycles. The lowest BCUT2D eigenvalue weighted by atomic mass is 9.82. The van der Waals surface area contributed by atoms with E-state index in [0.29, 0.717) is 13.1 Å². The molecule has 3 heterocycles. The summed E-state index contributed by atoms with van der Waals surface area (Å²) in [5, 5.41) is 0. The van der Waals surface area contributed by atoms with Gasteiger partial charge in [0.25, 0.3) is 0 Å². The number of carbonyl (C=O) groups excluding carboxylic acids is 1. The zero-order valence-electron chi connectivity index (χ0n) is 21.9. The maximum absolute atomic E-state index is 13.8. The Bertz CT molecular complexity index is 1180. The van der Waals surface area contributed by atoms with Gasteiger partial charge in [-0.25, -0.2) is 4.79 Å². The Kier molecular flexibility index (Phi) is 6.81. The molecule has 192 valence electrons. The van der Waals surface area contributed by atoms with Crippen LogP contribution in [0.2, 0.25) is 0 Å². The first-order chi connectivity index (χ1) is 17.3. The third-order valence-corrected chi connectivity index (χ3v) is 8.56. The summed E-state index contributed by atoms with van der Waals surface area (Å²) in [6.45, 7) is 10.5. The number of carbonyl (C=O) groups is 1. The summed E-state index contributed by atoms with van der Waals surface area (Å²) in [6, 6.07) is 10.7. The van der Waals surface area contributed by atoms with Gasteiger partial charge in [0, 0.05) is 53.9 Å². The summed E-state index contributed by atoms with van der Waals surface area (Å²) >= 11 is 3.64. The number of ether oxygens (including phenoxy) is 2. The van der Waals surface area contributed by atoms with Crippen LogP contribution in [0.5, 0.6) is 11.5 Å². The number of nitrogens with zero attached hydrogens (tertiary/aromatic N) is 3. The maximum Gasteiger partial charge on any atom is 0.325 e. The molecule has 0 N–H and O–H groups in total. The number of benzene rings is 2. The number of fused-ring (bicyclic) bond motifs is 3. The van der Waals surface area contributed by atoms with E-state index in [1.54, 1.807) is 14.2 Å². The molecule has 2 saturated heterocycles. The van der Waals surface area contributed by atoms with Crippen LogP contribution in [0.1, 0.15) is 54.9 Å². The second kappa shape index (κ2) is 9.75. The molecule has 2 amide bonds. The SMILES string of the molecule is CCN1C(=O)N2Cc3cc(OC)cc(OC)c3C(C)C=C2C12CCN(Cc1cc(C)cc(Br)c1)CC2. The van der Waals surface area contributed by atoms with Crippen LogP contribution in [0, 0.1) is 6.92 Å². The second-order valence-electron chi connectivity index (χ2n) is 10.3. The number of rotatable bonds is 5. The number of allylic oxidation sites excluding steroid dienone is 1. The number of aryl methyl sites for hydroxylation is 1. The lowest BCUT2D eigenvalue weighted by Gasteiger charge is -2.44. The third-order valence-electron chi connectivity index (χ3n) is 8.10. The van der Waals surface area contributed by atoms with Gasteiger partial charge in [-0.3, -0.25) is 9.80 Å². The molecule has 36 heavy (non-hydrogen) atoms. The number of likely N-dealkylation sites (tertiary alicyclic amines) is 1. The van der Waals surface area contributed by atoms with Crippen molar-refractivity contribution in [1.29, 1.82) is 0 Å². The molecule has 1 spiro atoms. The third kappa shape index (κ3) is 4.20. The van der Waals surface area contributed by atoms with Crippen LogP contribution in [0.3, 0.4) is 0 Å². The van der Waals surface area contributed by atoms with Crippen LogP contribution in [0.15, 0.2) is 46.6 Å². The van der Waals surface area contributed by atoms with Crippen LogP contribution >= 0.6 is 15.9 Å². The summed E-state index contributed by atoms with van der Waals surface area (Å²) in [4.78, 5) is 20.5. The molecular formula is C29H36BrN3O3. The number of urea groups is 1. The minimum Gasteiger partial charge on any atom is -0.497 e. The highest BCUT2D eigenvalue weighted by molar-refractivity contribution is 9.10. The highest BCUT2D eigenvalue weighted by Gasteiger charge is 2.54. The molecule has 1 unspecified atom stereocenters. The van der Waals surface area contributed by atoms with Crippen molar-refractivity contribution >= 4 is 22.0 Å². The number of likely N-dealkylation sites (N-methyl/N-ethyl adjacent to an activating group) is 1. The van der Waals surface area contributed by atoms with E-state index in [0.717, 1.165) is 65.3 Å². The van der Waals surface area contributed by atoms with Crippen LogP contribution in [-0.4, -0.2) is 60.1 Å². The van der Waals surface area contributed by atoms with Gasteiger partial charge in [0.2, 0.25) is 0 Å². The molecule has 3 aliphatic heterocycles. The fourth-order valence-electron chi connectivity index (χ4n) is 6.51. The first kappa shape index (κ1) is 25.2. The van der Waals surface area contributed by atoms with E-state index in [4.69, 9.17) is 9.47 Å². The van der Waals surface area contributed by atoms with Crippen LogP contribution in [0.25, 0.3) is 0 Å². The zero-order chi connectivity index (χ0) is 25.6. The lowest BCUT2D eigenvalue weighted by Crippen LogP contribution is -2.53. The van der Waals surface area contributed by atoms with E-state index in [1.807, 2.05) is 11.0 Å². The van der Waals surface area contributed by atoms with E-state index in [2.05, 4.69) is 76.8 Å². The van der Waals surface area contributed by atoms with Gasteiger partial charge in [-0.1, -0.05) is 35.0 Å². The van der Waals surface area contributed by atoms with Crippen LogP contribution in [0.4, 0.5) is 4.79 Å². The van der Waals surface area contributed by atoms with Gasteiger partial charge < -0.3 is 14.4 Å². The standard InChI is InChI=1S/C29H36BrN3O3/c1-6-33-28(34)32-18-22-15-24(35-4)16-25(36-5)27(22)20(3)13-26(32)29(33)7-9-31(10-8-29)17-21-11-19(2)12-23(30)14-21/h11-16,20H,6-10,17-18H2,1-5H3. The van der Waals surface area contributed by atoms with E-state index in [-0.39, 0.29) is 17.5 Å². The van der Waals surface area contributed by atoms with E-state index in [9.17, 15) is 4.79 Å². The predicted octanol–water partition coefficient (Wildman–Crippen LogP) is 6.07. The molecular weight excluding hydrogens is 518 g/mol. The molecule has 0 saturated carbocycles. The minimum atomic E-state index is -0.261. The Morgan fingerprint density at radius 1 is 1.08 bits per heavy atom. The second-order valence-corrected chi connectivity index (χ2v) is 11.2. The van der Waals surface area contributed by atoms with Crippen molar-refractivity contribution in [2.24, 2.45) is 0 Å². The molecule has 7 heteroatoms. The van der Waals surface area contributed by atoms with E-state index >= 15 is 0 Å². The normalized spacial score (nSPS) is 21.2. The lowest BCUT2D eigenvalue weighted by molar-refractivity contribution is 0.0888. The minimum absolute atomic E-state index is 0.113. The van der Waals surface area contributed by atoms with Gasteiger partial charge >= 0.3 is 6.03 Å². The number of hydrogen-bond acceptors (Lipinski definition) is 4. The largest absolute Gasteiger partial charge is 0.497 e. The number of methoxy groups -OCH3 is 2.